The molecule has 2 aliphatic rings. The number of imidazole rings is 1. The van der Waals surface area contributed by atoms with Crippen LogP contribution in [0.4, 0.5) is 0 Å². The van der Waals surface area contributed by atoms with Gasteiger partial charge in [0.05, 0.1) is 41.7 Å². The number of hydrogen-bond donors (Lipinski definition) is 0. The van der Waals surface area contributed by atoms with Gasteiger partial charge in [0.2, 0.25) is 0 Å². The summed E-state index contributed by atoms with van der Waals surface area (Å²) in [4.78, 5) is 4.80. The molecular weight excluding hydrogens is 1090 g/mol. The van der Waals surface area contributed by atoms with Crippen LogP contribution >= 0.6 is 0 Å². The molecule has 0 bridgehead atoms. The van der Waals surface area contributed by atoms with E-state index < -0.39 is 243 Å². The molecule has 5 heteroatoms. The Balaban J connectivity index is 1.17. The van der Waals surface area contributed by atoms with Gasteiger partial charge in [-0.15, -0.1) is 0 Å². The Morgan fingerprint density at radius 3 is 1.81 bits per heavy atom. The topological polar surface area (TPSA) is 35.9 Å². The lowest BCUT2D eigenvalue weighted by Crippen LogP contribution is -2.35. The molecule has 90 heavy (non-hydrogen) atoms. The molecule has 0 fully saturated rings. The van der Waals surface area contributed by atoms with E-state index in [1.54, 1.807) is 41.1 Å². The minimum atomic E-state index is -4.97. The average Bonchev–Trinajstić information content (AvgIpc) is 0.797. The van der Waals surface area contributed by atoms with Crippen LogP contribution in [0.3, 0.4) is 0 Å². The van der Waals surface area contributed by atoms with Crippen LogP contribution in [0.15, 0.2) is 188 Å². The number of fused-ring (bicyclic) bond motifs is 6. The first-order valence-corrected chi connectivity index (χ1v) is 28.4. The first-order valence-electron chi connectivity index (χ1n) is 52.9. The largest absolute Gasteiger partial charge is 0.458 e. The summed E-state index contributed by atoms with van der Waals surface area (Å²) in [6.07, 6.45) is -18.7. The Morgan fingerprint density at radius 1 is 0.567 bits per heavy atom. The van der Waals surface area contributed by atoms with E-state index in [9.17, 15) is 38.4 Å². The molecular formula is C85H86N4O. The van der Waals surface area contributed by atoms with Gasteiger partial charge in [-0.2, -0.15) is 0 Å². The fourth-order valence-electron chi connectivity index (χ4n) is 11.9. The summed E-state index contributed by atoms with van der Waals surface area (Å²) in [6, 6.07) is 20.8. The van der Waals surface area contributed by atoms with Gasteiger partial charge in [-0.25, -0.2) is 4.98 Å². The summed E-state index contributed by atoms with van der Waals surface area (Å²) in [7, 11) is 0. The van der Waals surface area contributed by atoms with Crippen LogP contribution in [0.2, 0.25) is 0 Å². The Kier molecular flexibility index (Phi) is 6.07. The maximum absolute atomic E-state index is 10.7. The molecule has 5 nitrogen and oxygen atoms in total. The van der Waals surface area contributed by atoms with Crippen molar-refractivity contribution in [3.63, 3.8) is 0 Å². The fourth-order valence-corrected chi connectivity index (χ4v) is 11.9. The molecule has 12 aromatic rings. The SMILES string of the molecule is [2H]c1c([2H])c2c(c([2H])c1-c1cccc(-c3c([2H])c([2H])c4c(c3[2H])C(C([2H])([2H])[2H])(C([2H])([2H])[2H])C([2H])([2H])C([2H])([2H])C4(C([2H])([2H])[2H])C([2H])([2H])C)c1-[n+]1[c-]n(-c3cccc(Oc4ccc5c6cc(-c7c(C([2H])([2H])[2H])cccc7C([2H])([2H])[2H])ccc6n(-c6cc(C(C)(C)C)ccn6)c5c4)c3)c3cc(-c4c(C([2H])([2H])[2H])cccc4C([2H])([2H])[2H])ccc31)C(C([2H])([2H])[2H])(C([2H])([2H])[2H])C([2H])([2H])C([2H])([2H])C2(C([2H])([2H])[2H])C([2H])([2H])[2H]. The van der Waals surface area contributed by atoms with Crippen molar-refractivity contribution in [2.45, 2.75) is 162 Å². The molecule has 2 aliphatic carbocycles. The van der Waals surface area contributed by atoms with E-state index in [-0.39, 0.29) is 50.5 Å². The molecule has 9 aromatic carbocycles. The summed E-state index contributed by atoms with van der Waals surface area (Å²) in [5.74, 6) is 0.243. The number of pyridine rings is 1. The second-order valence-electron chi connectivity index (χ2n) is 23.4. The predicted octanol–water partition coefficient (Wildman–Crippen LogP) is 22.3. The van der Waals surface area contributed by atoms with E-state index in [1.807, 2.05) is 32.9 Å². The Bertz CT molecular complexity index is 6730. The summed E-state index contributed by atoms with van der Waals surface area (Å²) in [5.41, 5.74) is -34.9. The van der Waals surface area contributed by atoms with Crippen molar-refractivity contribution >= 4 is 32.8 Å². The minimum Gasteiger partial charge on any atom is -0.458 e. The van der Waals surface area contributed by atoms with Gasteiger partial charge in [0.15, 0.2) is 0 Å². The van der Waals surface area contributed by atoms with Crippen LogP contribution in [-0.4, -0.2) is 14.1 Å². The molecule has 0 N–H and O–H groups in total. The normalized spacial score (nSPS) is 28.7. The number of ether oxygens (including phenoxy) is 1. The number of nitrogens with zero attached hydrogens (tertiary/aromatic N) is 4. The molecule has 1 atom stereocenters. The number of rotatable bonds is 10. The highest BCUT2D eigenvalue weighted by Crippen LogP contribution is 2.51. The van der Waals surface area contributed by atoms with Crippen molar-refractivity contribution < 1.29 is 76.5 Å². The van der Waals surface area contributed by atoms with Gasteiger partial charge in [0, 0.05) is 82.0 Å². The first kappa shape index (κ1) is 25.5. The Labute approximate surface area is 602 Å². The lowest BCUT2D eigenvalue weighted by molar-refractivity contribution is -0.571. The molecule has 0 radical (unpaired) electrons. The molecule has 1 unspecified atom stereocenters. The van der Waals surface area contributed by atoms with Crippen LogP contribution in [0.5, 0.6) is 11.5 Å². The maximum atomic E-state index is 10.7. The van der Waals surface area contributed by atoms with Gasteiger partial charge in [-0.05, 0) is 242 Å². The number of para-hydroxylation sites is 1. The van der Waals surface area contributed by atoms with E-state index in [1.165, 1.54) is 48.5 Å². The van der Waals surface area contributed by atoms with Crippen LogP contribution in [0.1, 0.15) is 225 Å². The van der Waals surface area contributed by atoms with E-state index in [0.717, 1.165) is 69.3 Å². The monoisotopic (exact) mass is 1230 g/mol. The van der Waals surface area contributed by atoms with E-state index in [2.05, 4.69) is 6.33 Å². The molecule has 0 saturated carbocycles. The standard InChI is InChI=1S/C85H86N4O/c1-16-85(15)43-42-84(13,14)72-47-58(30-36-70(72)85)66-28-20-27-65(57-29-35-69-71(46-57)83(11,12)41-40-82(69,9)10)80(66)88-52-87(76-48-60(32-38-74(76)88)79-55(4)23-18-24-56(79)5)62-25-19-26-63(50-62)90-64-33-34-67-68-45-59(78-53(2)21-17-22-54(78)3)31-37-73(68)89(75(67)51-64)77-49-61(39-44-86-77)81(6,7)8/h17-39,44-51H,16,40-43H2,1-15H3/i2D3,3D3,4D3,5D3,9D3,10D3,11D3,12D3,13D3,14D3,15D3,16D2,29D,30D,35D,36D,40D2,41D2,42D2,43D2,46D,47D. The van der Waals surface area contributed by atoms with Crippen LogP contribution in [0.25, 0.3) is 94.5 Å². The second kappa shape index (κ2) is 21.4. The number of hydrogen-bond acceptors (Lipinski definition) is 2. The molecule has 3 heterocycles. The maximum Gasteiger partial charge on any atom is 0.269 e. The van der Waals surface area contributed by atoms with Gasteiger partial charge in [0.25, 0.3) is 6.33 Å². The van der Waals surface area contributed by atoms with Crippen molar-refractivity contribution in [2.75, 3.05) is 0 Å². The summed E-state index contributed by atoms with van der Waals surface area (Å²) < 4.78 is 466. The van der Waals surface area contributed by atoms with Crippen molar-refractivity contribution in [2.24, 2.45) is 0 Å². The number of aryl methyl sites for hydroxylation is 4. The highest BCUT2D eigenvalue weighted by molar-refractivity contribution is 6.11. The van der Waals surface area contributed by atoms with Crippen molar-refractivity contribution in [1.29, 1.82) is 0 Å². The van der Waals surface area contributed by atoms with Gasteiger partial charge in [-0.1, -0.05) is 191 Å². The van der Waals surface area contributed by atoms with Crippen LogP contribution in [-0.2, 0) is 27.1 Å². The number of benzene rings is 9. The minimum absolute atomic E-state index is 0.0260. The zero-order valence-corrected chi connectivity index (χ0v) is 48.6. The Morgan fingerprint density at radius 2 is 1.17 bits per heavy atom. The summed E-state index contributed by atoms with van der Waals surface area (Å²) in [5, 5.41) is 0.918. The predicted molar refractivity (Wildman–Crippen MR) is 377 cm³/mol. The lowest BCUT2D eigenvalue weighted by atomic mass is 9.61. The van der Waals surface area contributed by atoms with Gasteiger partial charge in [0.1, 0.15) is 17.3 Å². The van der Waals surface area contributed by atoms with E-state index in [4.69, 9.17) is 38.5 Å². The second-order valence-corrected chi connectivity index (χ2v) is 23.4. The van der Waals surface area contributed by atoms with Crippen LogP contribution < -0.4 is 9.30 Å². The van der Waals surface area contributed by atoms with Gasteiger partial charge >= 0.3 is 0 Å². The summed E-state index contributed by atoms with van der Waals surface area (Å²) in [6.45, 7) is -38.2. The smallest absolute Gasteiger partial charge is 0.269 e. The third kappa shape index (κ3) is 9.90. The quantitative estimate of drug-likeness (QED) is 0.101. The zero-order valence-electron chi connectivity index (χ0n) is 97.6. The van der Waals surface area contributed by atoms with Crippen molar-refractivity contribution in [1.82, 2.24) is 14.1 Å². The van der Waals surface area contributed by atoms with E-state index in [0.29, 0.717) is 34.5 Å². The Hall–Kier alpha value is -8.80. The molecule has 3 aromatic heterocycles. The van der Waals surface area contributed by atoms with Crippen molar-refractivity contribution in [3.05, 3.63) is 244 Å². The molecule has 14 rings (SSSR count). The highest BCUT2D eigenvalue weighted by Gasteiger charge is 2.40. The fraction of sp³-hybridized carbons (Fsp3) is 0.294. The molecule has 0 saturated heterocycles. The molecule has 0 aliphatic heterocycles. The van der Waals surface area contributed by atoms with Gasteiger partial charge < -0.3 is 4.74 Å². The highest BCUT2D eigenvalue weighted by atomic mass is 16.5. The molecule has 452 valence electrons. The van der Waals surface area contributed by atoms with Crippen molar-refractivity contribution in [3.8, 4) is 73.2 Å². The molecule has 0 spiro atoms. The van der Waals surface area contributed by atoms with Gasteiger partial charge in [-0.3, -0.25) is 13.7 Å². The summed E-state index contributed by atoms with van der Waals surface area (Å²) >= 11 is 0. The zero-order chi connectivity index (χ0) is 105. The van der Waals surface area contributed by atoms with Crippen LogP contribution in [0, 0.1) is 33.7 Å². The van der Waals surface area contributed by atoms with E-state index >= 15 is 0 Å². The third-order valence-corrected chi connectivity index (χ3v) is 16.4. The third-order valence-electron chi connectivity index (χ3n) is 16.4. The first-order chi connectivity index (χ1) is 62.8. The number of aromatic nitrogens is 4. The molecule has 0 amide bonds. The average molecular weight is 1230 g/mol. The lowest BCUT2D eigenvalue weighted by Gasteiger charge is -2.43.